The van der Waals surface area contributed by atoms with Gasteiger partial charge in [0, 0.05) is 6.54 Å². The molecule has 144 valence electrons. The summed E-state index contributed by atoms with van der Waals surface area (Å²) < 4.78 is 46.6. The number of hydrogen-bond acceptors (Lipinski definition) is 4. The standard InChI is InChI=1S/C19H18F3NO3S/c1-25-15-6-2-4-13(10-15)8-9-23-17(24)12-27-18(23)14-5-3-7-16(11-14)26-19(20,21)22/h2-7,10-11,18H,8-9,12H2,1H3. The number of carbonyl (C=O) groups is 1. The van der Waals surface area contributed by atoms with Crippen LogP contribution in [0.4, 0.5) is 13.2 Å². The number of amides is 1. The molecule has 1 heterocycles. The van der Waals surface area contributed by atoms with Gasteiger partial charge in [-0.25, -0.2) is 0 Å². The normalized spacial score (nSPS) is 17.3. The Morgan fingerprint density at radius 3 is 2.63 bits per heavy atom. The van der Waals surface area contributed by atoms with Gasteiger partial charge in [0.15, 0.2) is 0 Å². The van der Waals surface area contributed by atoms with Crippen molar-refractivity contribution < 1.29 is 27.4 Å². The highest BCUT2D eigenvalue weighted by Crippen LogP contribution is 2.40. The summed E-state index contributed by atoms with van der Waals surface area (Å²) in [6.07, 6.45) is -4.12. The molecular formula is C19H18F3NO3S. The Kier molecular flexibility index (Phi) is 5.84. The van der Waals surface area contributed by atoms with Crippen molar-refractivity contribution >= 4 is 17.7 Å². The lowest BCUT2D eigenvalue weighted by Crippen LogP contribution is -2.30. The maximum absolute atomic E-state index is 12.5. The van der Waals surface area contributed by atoms with E-state index >= 15 is 0 Å². The van der Waals surface area contributed by atoms with Crippen LogP contribution in [0.25, 0.3) is 0 Å². The molecule has 0 radical (unpaired) electrons. The first kappa shape index (κ1) is 19.4. The van der Waals surface area contributed by atoms with Crippen LogP contribution >= 0.6 is 11.8 Å². The second-order valence-corrected chi connectivity index (χ2v) is 7.04. The number of rotatable bonds is 6. The van der Waals surface area contributed by atoms with Crippen molar-refractivity contribution in [3.63, 3.8) is 0 Å². The van der Waals surface area contributed by atoms with Gasteiger partial charge in [-0.1, -0.05) is 24.3 Å². The molecule has 1 aliphatic rings. The van der Waals surface area contributed by atoms with E-state index in [1.807, 2.05) is 24.3 Å². The van der Waals surface area contributed by atoms with Crippen molar-refractivity contribution in [1.82, 2.24) is 4.90 Å². The van der Waals surface area contributed by atoms with Crippen LogP contribution in [-0.4, -0.2) is 36.6 Å². The van der Waals surface area contributed by atoms with Crippen molar-refractivity contribution in [1.29, 1.82) is 0 Å². The van der Waals surface area contributed by atoms with E-state index in [9.17, 15) is 18.0 Å². The Morgan fingerprint density at radius 2 is 1.89 bits per heavy atom. The molecule has 4 nitrogen and oxygen atoms in total. The molecule has 0 aliphatic carbocycles. The first-order chi connectivity index (χ1) is 12.9. The quantitative estimate of drug-likeness (QED) is 0.724. The molecule has 2 aromatic rings. The van der Waals surface area contributed by atoms with E-state index in [0.717, 1.165) is 11.3 Å². The largest absolute Gasteiger partial charge is 0.573 e. The Morgan fingerprint density at radius 1 is 1.15 bits per heavy atom. The van der Waals surface area contributed by atoms with E-state index in [-0.39, 0.29) is 17.0 Å². The molecule has 1 saturated heterocycles. The van der Waals surface area contributed by atoms with Gasteiger partial charge in [-0.2, -0.15) is 0 Å². The van der Waals surface area contributed by atoms with Gasteiger partial charge in [0.25, 0.3) is 0 Å². The minimum atomic E-state index is -4.75. The molecule has 1 aliphatic heterocycles. The summed E-state index contributed by atoms with van der Waals surface area (Å²) >= 11 is 1.40. The number of hydrogen-bond donors (Lipinski definition) is 0. The monoisotopic (exact) mass is 397 g/mol. The molecule has 8 heteroatoms. The maximum Gasteiger partial charge on any atom is 0.573 e. The van der Waals surface area contributed by atoms with E-state index in [1.54, 1.807) is 18.1 Å². The zero-order valence-electron chi connectivity index (χ0n) is 14.5. The lowest BCUT2D eigenvalue weighted by Gasteiger charge is -2.24. The van der Waals surface area contributed by atoms with E-state index in [1.165, 1.54) is 30.0 Å². The third-order valence-corrected chi connectivity index (χ3v) is 5.38. The van der Waals surface area contributed by atoms with E-state index in [0.29, 0.717) is 24.3 Å². The Labute approximate surface area is 159 Å². The first-order valence-electron chi connectivity index (χ1n) is 8.25. The molecule has 2 aromatic carbocycles. The summed E-state index contributed by atoms with van der Waals surface area (Å²) in [6.45, 7) is 0.466. The van der Waals surface area contributed by atoms with Gasteiger partial charge in [-0.05, 0) is 41.8 Å². The summed E-state index contributed by atoms with van der Waals surface area (Å²) in [5.74, 6) is 0.721. The lowest BCUT2D eigenvalue weighted by atomic mass is 10.1. The Balaban J connectivity index is 1.73. The van der Waals surface area contributed by atoms with Gasteiger partial charge in [0.1, 0.15) is 16.9 Å². The zero-order valence-corrected chi connectivity index (χ0v) is 15.3. The van der Waals surface area contributed by atoms with Crippen LogP contribution in [0, 0.1) is 0 Å². The van der Waals surface area contributed by atoms with Gasteiger partial charge in [-0.15, -0.1) is 24.9 Å². The van der Waals surface area contributed by atoms with Crippen molar-refractivity contribution in [3.05, 3.63) is 59.7 Å². The number of thioether (sulfide) groups is 1. The average molecular weight is 397 g/mol. The first-order valence-corrected chi connectivity index (χ1v) is 9.30. The number of nitrogens with zero attached hydrogens (tertiary/aromatic N) is 1. The zero-order chi connectivity index (χ0) is 19.4. The van der Waals surface area contributed by atoms with Gasteiger partial charge < -0.3 is 14.4 Å². The van der Waals surface area contributed by atoms with Crippen molar-refractivity contribution in [2.45, 2.75) is 18.2 Å². The maximum atomic E-state index is 12.5. The predicted molar refractivity (Wildman–Crippen MR) is 96.7 cm³/mol. The molecule has 1 atom stereocenters. The summed E-state index contributed by atoms with van der Waals surface area (Å²) in [7, 11) is 1.59. The van der Waals surface area contributed by atoms with Crippen LogP contribution in [0.15, 0.2) is 48.5 Å². The Bertz CT molecular complexity index is 813. The van der Waals surface area contributed by atoms with E-state index in [2.05, 4.69) is 4.74 Å². The van der Waals surface area contributed by atoms with E-state index in [4.69, 9.17) is 4.74 Å². The molecule has 27 heavy (non-hydrogen) atoms. The second kappa shape index (κ2) is 8.12. The highest BCUT2D eigenvalue weighted by molar-refractivity contribution is 8.00. The minimum absolute atomic E-state index is 0.0324. The van der Waals surface area contributed by atoms with Crippen molar-refractivity contribution in [3.8, 4) is 11.5 Å². The molecular weight excluding hydrogens is 379 g/mol. The summed E-state index contributed by atoms with van der Waals surface area (Å²) in [6, 6.07) is 13.4. The summed E-state index contributed by atoms with van der Waals surface area (Å²) in [5, 5.41) is -0.333. The molecule has 1 amide bonds. The predicted octanol–water partition coefficient (Wildman–Crippen LogP) is 4.41. The molecule has 1 fully saturated rings. The number of methoxy groups -OCH3 is 1. The van der Waals surface area contributed by atoms with Gasteiger partial charge in [-0.3, -0.25) is 4.79 Å². The van der Waals surface area contributed by atoms with Gasteiger partial charge in [0.05, 0.1) is 12.9 Å². The van der Waals surface area contributed by atoms with Crippen molar-refractivity contribution in [2.75, 3.05) is 19.4 Å². The van der Waals surface area contributed by atoms with Crippen LogP contribution < -0.4 is 9.47 Å². The fourth-order valence-electron chi connectivity index (χ4n) is 2.91. The molecule has 0 N–H and O–H groups in total. The number of carbonyl (C=O) groups excluding carboxylic acids is 1. The minimum Gasteiger partial charge on any atom is -0.497 e. The van der Waals surface area contributed by atoms with Gasteiger partial charge >= 0.3 is 6.36 Å². The number of halogens is 3. The van der Waals surface area contributed by atoms with Crippen LogP contribution in [0.1, 0.15) is 16.5 Å². The fraction of sp³-hybridized carbons (Fsp3) is 0.316. The second-order valence-electron chi connectivity index (χ2n) is 5.97. The summed E-state index contributed by atoms with van der Waals surface area (Å²) in [5.41, 5.74) is 1.63. The van der Waals surface area contributed by atoms with E-state index < -0.39 is 6.36 Å². The molecule has 0 saturated carbocycles. The third kappa shape index (κ3) is 5.09. The molecule has 0 spiro atoms. The third-order valence-electron chi connectivity index (χ3n) is 4.12. The highest BCUT2D eigenvalue weighted by atomic mass is 32.2. The topological polar surface area (TPSA) is 38.8 Å². The fourth-order valence-corrected chi connectivity index (χ4v) is 4.12. The lowest BCUT2D eigenvalue weighted by molar-refractivity contribution is -0.274. The number of ether oxygens (including phenoxy) is 2. The van der Waals surface area contributed by atoms with Crippen LogP contribution in [-0.2, 0) is 11.2 Å². The summed E-state index contributed by atoms with van der Waals surface area (Å²) in [4.78, 5) is 14.0. The number of benzene rings is 2. The van der Waals surface area contributed by atoms with Crippen LogP contribution in [0.3, 0.4) is 0 Å². The van der Waals surface area contributed by atoms with Crippen LogP contribution in [0.5, 0.6) is 11.5 Å². The van der Waals surface area contributed by atoms with Crippen LogP contribution in [0.2, 0.25) is 0 Å². The molecule has 0 aromatic heterocycles. The smallest absolute Gasteiger partial charge is 0.497 e. The van der Waals surface area contributed by atoms with Crippen molar-refractivity contribution in [2.24, 2.45) is 0 Å². The average Bonchev–Trinajstić information content (AvgIpc) is 2.99. The SMILES string of the molecule is COc1cccc(CCN2C(=O)CSC2c2cccc(OC(F)(F)F)c2)c1. The highest BCUT2D eigenvalue weighted by Gasteiger charge is 2.34. The Hall–Kier alpha value is -2.35. The molecule has 0 bridgehead atoms. The molecule has 1 unspecified atom stereocenters. The number of alkyl halides is 3. The molecule has 3 rings (SSSR count). The van der Waals surface area contributed by atoms with Gasteiger partial charge in [0.2, 0.25) is 5.91 Å².